The minimum atomic E-state index is -0.997. The molecule has 6 rings (SSSR count). The van der Waals surface area contributed by atoms with Gasteiger partial charge in [-0.2, -0.15) is 0 Å². The van der Waals surface area contributed by atoms with Crippen molar-refractivity contribution in [3.63, 3.8) is 0 Å². The number of fused-ring (bicyclic) bond motifs is 2. The van der Waals surface area contributed by atoms with Crippen molar-refractivity contribution in [3.8, 4) is 0 Å². The number of rotatable bonds is 4. The molecule has 0 saturated carbocycles. The molecule has 1 unspecified atom stereocenters. The third-order valence-corrected chi connectivity index (χ3v) is 6.46. The van der Waals surface area contributed by atoms with Gasteiger partial charge in [-0.3, -0.25) is 0 Å². The number of nitrogens with one attached hydrogen (secondary N) is 1. The van der Waals surface area contributed by atoms with Gasteiger partial charge in [0.05, 0.1) is 5.36 Å². The van der Waals surface area contributed by atoms with Crippen molar-refractivity contribution in [2.24, 2.45) is 15.2 Å². The average molecular weight is 491 g/mol. The molecule has 1 atom stereocenters. The zero-order valence-electron chi connectivity index (χ0n) is 17.6. The predicted octanol–water partition coefficient (Wildman–Crippen LogP) is 6.40. The van der Waals surface area contributed by atoms with E-state index in [1.54, 1.807) is 0 Å². The first-order valence-corrected chi connectivity index (χ1v) is 11.5. The first kappa shape index (κ1) is 19.8. The summed E-state index contributed by atoms with van der Waals surface area (Å²) < 4.78 is 1.01. The van der Waals surface area contributed by atoms with Crippen molar-refractivity contribution in [2.75, 3.05) is 0 Å². The Balaban J connectivity index is 1.62. The van der Waals surface area contributed by atoms with Crippen molar-refractivity contribution in [1.29, 1.82) is 0 Å². The van der Waals surface area contributed by atoms with E-state index in [0.29, 0.717) is 5.82 Å². The summed E-state index contributed by atoms with van der Waals surface area (Å²) in [7, 11) is 0. The van der Waals surface area contributed by atoms with E-state index in [9.17, 15) is 0 Å². The molecule has 1 aliphatic rings. The van der Waals surface area contributed by atoms with Gasteiger partial charge >= 0.3 is 0 Å². The van der Waals surface area contributed by atoms with Gasteiger partial charge in [-0.1, -0.05) is 94.8 Å². The normalized spacial score (nSPS) is 17.4. The third-order valence-electron chi connectivity index (χ3n) is 5.93. The highest BCUT2D eigenvalue weighted by molar-refractivity contribution is 9.10. The van der Waals surface area contributed by atoms with Gasteiger partial charge in [0, 0.05) is 31.7 Å². The molecule has 0 fully saturated rings. The molecular formula is C28H19BrN4. The van der Waals surface area contributed by atoms with Gasteiger partial charge in [0.15, 0.2) is 5.82 Å². The Hall–Kier alpha value is -3.83. The molecule has 5 aromatic rings. The van der Waals surface area contributed by atoms with Crippen molar-refractivity contribution >= 4 is 38.2 Å². The summed E-state index contributed by atoms with van der Waals surface area (Å²) in [5.41, 5.74) is 3.09. The molecule has 2 heterocycles. The molecule has 4 nitrogen and oxygen atoms in total. The molecule has 0 radical (unpaired) electrons. The van der Waals surface area contributed by atoms with Crippen LogP contribution in [0, 0.1) is 0 Å². The highest BCUT2D eigenvalue weighted by atomic mass is 79.9. The van der Waals surface area contributed by atoms with E-state index in [2.05, 4.69) is 57.3 Å². The molecule has 158 valence electrons. The van der Waals surface area contributed by atoms with E-state index >= 15 is 0 Å². The van der Waals surface area contributed by atoms with Gasteiger partial charge < -0.3 is 4.98 Å². The summed E-state index contributed by atoms with van der Waals surface area (Å²) >= 11 is 3.56. The maximum atomic E-state index is 5.18. The summed E-state index contributed by atoms with van der Waals surface area (Å²) in [4.78, 5) is 8.54. The predicted molar refractivity (Wildman–Crippen MR) is 135 cm³/mol. The molecule has 0 saturated heterocycles. The number of azo groups is 1. The molecule has 4 aromatic carbocycles. The molecule has 1 aromatic heterocycles. The lowest BCUT2D eigenvalue weighted by Crippen LogP contribution is -2.25. The zero-order chi connectivity index (χ0) is 22.3. The fourth-order valence-corrected chi connectivity index (χ4v) is 4.69. The van der Waals surface area contributed by atoms with E-state index in [1.165, 1.54) is 0 Å². The lowest BCUT2D eigenvalue weighted by atomic mass is 9.87. The van der Waals surface area contributed by atoms with Crippen molar-refractivity contribution in [1.82, 2.24) is 4.98 Å². The van der Waals surface area contributed by atoms with Gasteiger partial charge in [0.25, 0.3) is 0 Å². The fraction of sp³-hybridized carbons (Fsp3) is 0.0357. The molecule has 33 heavy (non-hydrogen) atoms. The number of nitrogens with zero attached hydrogens (tertiary/aromatic N) is 3. The number of H-pyrrole nitrogens is 1. The number of halogens is 1. The molecule has 1 aliphatic heterocycles. The maximum Gasteiger partial charge on any atom is 0.223 e. The summed E-state index contributed by atoms with van der Waals surface area (Å²) in [6.45, 7) is 0. The number of hydrogen-bond donors (Lipinski definition) is 1. The Morgan fingerprint density at radius 3 is 2.30 bits per heavy atom. The quantitative estimate of drug-likeness (QED) is 0.283. The number of aromatic amines is 1. The summed E-state index contributed by atoms with van der Waals surface area (Å²) in [5, 5.41) is 12.7. The molecule has 0 spiro atoms. The minimum absolute atomic E-state index is 0.700. The first-order valence-electron chi connectivity index (χ1n) is 10.7. The second kappa shape index (κ2) is 7.94. The Labute approximate surface area is 199 Å². The summed E-state index contributed by atoms with van der Waals surface area (Å²) in [6, 6.07) is 36.9. The summed E-state index contributed by atoms with van der Waals surface area (Å²) in [5.74, 6) is 0.700. The average Bonchev–Trinajstić information content (AvgIpc) is 3.43. The van der Waals surface area contributed by atoms with Crippen LogP contribution in [-0.2, 0) is 5.66 Å². The molecule has 0 aliphatic carbocycles. The topological polar surface area (TPSA) is 52.9 Å². The molecule has 0 amide bonds. The molecule has 5 heteroatoms. The fourth-order valence-electron chi connectivity index (χ4n) is 4.42. The van der Waals surface area contributed by atoms with E-state index < -0.39 is 5.66 Å². The first-order chi connectivity index (χ1) is 16.2. The van der Waals surface area contributed by atoms with Gasteiger partial charge in [0.1, 0.15) is 0 Å². The Kier molecular flexibility index (Phi) is 4.77. The van der Waals surface area contributed by atoms with E-state index in [4.69, 9.17) is 15.2 Å². The third kappa shape index (κ3) is 3.41. The Bertz CT molecular complexity index is 1590. The zero-order valence-corrected chi connectivity index (χ0v) is 19.2. The second-order valence-corrected chi connectivity index (χ2v) is 8.91. The van der Waals surface area contributed by atoms with Crippen LogP contribution in [-0.4, -0.2) is 4.98 Å². The highest BCUT2D eigenvalue weighted by Crippen LogP contribution is 2.42. The maximum absolute atomic E-state index is 5.18. The molecular weight excluding hydrogens is 472 g/mol. The number of aromatic nitrogens is 1. The van der Waals surface area contributed by atoms with Gasteiger partial charge in [-0.05, 0) is 35.9 Å². The lowest BCUT2D eigenvalue weighted by molar-refractivity contribution is 0.580. The number of para-hydroxylation sites is 2. The van der Waals surface area contributed by atoms with E-state index in [-0.39, 0.29) is 0 Å². The molecule has 1 N–H and O–H groups in total. The van der Waals surface area contributed by atoms with Crippen LogP contribution in [0.25, 0.3) is 16.5 Å². The standard InChI is InChI=1S/C28H19BrN4/c29-22-16-14-21(15-17-22)28(33-32-26-18-20-10-4-6-12-24(20)30-26)27(19-8-2-1-3-9-19)23-11-5-7-13-25(23)31-28/h1-18,30H. The number of hydrogen-bond acceptors (Lipinski definition) is 3. The Morgan fingerprint density at radius 1 is 0.758 bits per heavy atom. The SMILES string of the molecule is Brc1ccc(C2(N=Nc3cc4ccccc4[nH]3)N=c3ccccc3=C2c2ccccc2)cc1. The van der Waals surface area contributed by atoms with Crippen LogP contribution >= 0.6 is 15.9 Å². The van der Waals surface area contributed by atoms with Crippen molar-refractivity contribution in [2.45, 2.75) is 5.66 Å². The van der Waals surface area contributed by atoms with Crippen LogP contribution in [0.3, 0.4) is 0 Å². The summed E-state index contributed by atoms with van der Waals surface area (Å²) in [6.07, 6.45) is 0. The van der Waals surface area contributed by atoms with Gasteiger partial charge in [-0.15, -0.1) is 10.2 Å². The van der Waals surface area contributed by atoms with Crippen LogP contribution in [0.1, 0.15) is 11.1 Å². The minimum Gasteiger partial charge on any atom is -0.338 e. The number of benzene rings is 4. The van der Waals surface area contributed by atoms with Crippen LogP contribution in [0.5, 0.6) is 0 Å². The van der Waals surface area contributed by atoms with Crippen LogP contribution in [0.2, 0.25) is 0 Å². The van der Waals surface area contributed by atoms with Crippen LogP contribution < -0.4 is 10.6 Å². The van der Waals surface area contributed by atoms with Crippen molar-refractivity contribution < 1.29 is 0 Å². The van der Waals surface area contributed by atoms with Gasteiger partial charge in [-0.25, -0.2) is 4.99 Å². The van der Waals surface area contributed by atoms with Gasteiger partial charge in [0.2, 0.25) is 5.66 Å². The smallest absolute Gasteiger partial charge is 0.223 e. The van der Waals surface area contributed by atoms with E-state index in [0.717, 1.165) is 42.7 Å². The largest absolute Gasteiger partial charge is 0.338 e. The van der Waals surface area contributed by atoms with Crippen LogP contribution in [0.4, 0.5) is 5.82 Å². The second-order valence-electron chi connectivity index (χ2n) is 7.99. The van der Waals surface area contributed by atoms with Crippen molar-refractivity contribution in [3.05, 3.63) is 135 Å². The lowest BCUT2D eigenvalue weighted by Gasteiger charge is -2.25. The van der Waals surface area contributed by atoms with E-state index in [1.807, 2.05) is 72.8 Å². The van der Waals surface area contributed by atoms with Crippen LogP contribution in [0.15, 0.2) is 129 Å². The monoisotopic (exact) mass is 490 g/mol. The molecule has 0 bridgehead atoms. The Morgan fingerprint density at radius 2 is 1.48 bits per heavy atom. The highest BCUT2D eigenvalue weighted by Gasteiger charge is 2.41.